The van der Waals surface area contributed by atoms with Crippen LogP contribution in [0.4, 0.5) is 5.69 Å². The van der Waals surface area contributed by atoms with Crippen molar-refractivity contribution in [3.8, 4) is 0 Å². The van der Waals surface area contributed by atoms with E-state index < -0.39 is 5.92 Å². The fourth-order valence-corrected chi connectivity index (χ4v) is 3.04. The van der Waals surface area contributed by atoms with E-state index in [2.05, 4.69) is 5.32 Å². The summed E-state index contributed by atoms with van der Waals surface area (Å²) in [6.45, 7) is 0. The third-order valence-electron chi connectivity index (χ3n) is 4.08. The predicted octanol–water partition coefficient (Wildman–Crippen LogP) is 3.07. The molecule has 22 heavy (non-hydrogen) atoms. The molecule has 2 aromatic rings. The Balaban J connectivity index is 2.07. The lowest BCUT2D eigenvalue weighted by molar-refractivity contribution is -0.141. The molecule has 0 spiro atoms. The fraction of sp³-hybridized carbons (Fsp3) is 0.222. The van der Waals surface area contributed by atoms with Gasteiger partial charge in [0.1, 0.15) is 0 Å². The first-order chi connectivity index (χ1) is 10.7. The molecule has 2 atom stereocenters. The van der Waals surface area contributed by atoms with Crippen LogP contribution < -0.4 is 5.32 Å². The van der Waals surface area contributed by atoms with Gasteiger partial charge in [-0.3, -0.25) is 9.59 Å². The monoisotopic (exact) mass is 295 g/mol. The van der Waals surface area contributed by atoms with Crippen LogP contribution in [0.2, 0.25) is 0 Å². The van der Waals surface area contributed by atoms with Crippen LogP contribution in [0.5, 0.6) is 0 Å². The molecule has 1 heterocycles. The van der Waals surface area contributed by atoms with Gasteiger partial charge in [0.05, 0.1) is 19.4 Å². The lowest BCUT2D eigenvalue weighted by atomic mass is 9.76. The lowest BCUT2D eigenvalue weighted by Gasteiger charge is -2.32. The van der Waals surface area contributed by atoms with Gasteiger partial charge in [-0.1, -0.05) is 48.5 Å². The number of para-hydroxylation sites is 1. The summed E-state index contributed by atoms with van der Waals surface area (Å²) < 4.78 is 4.82. The number of amides is 1. The van der Waals surface area contributed by atoms with Crippen molar-refractivity contribution in [2.24, 2.45) is 0 Å². The number of ether oxygens (including phenoxy) is 1. The van der Waals surface area contributed by atoms with E-state index in [1.54, 1.807) is 0 Å². The highest BCUT2D eigenvalue weighted by Crippen LogP contribution is 2.43. The first-order valence-corrected chi connectivity index (χ1v) is 7.22. The minimum Gasteiger partial charge on any atom is -0.469 e. The number of carbonyl (C=O) groups is 2. The first kappa shape index (κ1) is 14.3. The highest BCUT2D eigenvalue weighted by Gasteiger charge is 2.37. The molecule has 4 heteroatoms. The number of methoxy groups -OCH3 is 1. The van der Waals surface area contributed by atoms with Gasteiger partial charge in [-0.15, -0.1) is 0 Å². The number of fused-ring (bicyclic) bond motifs is 1. The van der Waals surface area contributed by atoms with Crippen LogP contribution >= 0.6 is 0 Å². The normalized spacial score (nSPS) is 20.0. The van der Waals surface area contributed by atoms with Crippen LogP contribution in [0, 0.1) is 0 Å². The van der Waals surface area contributed by atoms with Crippen LogP contribution in [0.3, 0.4) is 0 Å². The van der Waals surface area contributed by atoms with Crippen molar-refractivity contribution in [2.45, 2.75) is 18.3 Å². The van der Waals surface area contributed by atoms with Crippen molar-refractivity contribution < 1.29 is 14.3 Å². The average molecular weight is 295 g/mol. The Morgan fingerprint density at radius 3 is 2.50 bits per heavy atom. The second kappa shape index (κ2) is 6.02. The highest BCUT2D eigenvalue weighted by atomic mass is 16.5. The number of hydrogen-bond donors (Lipinski definition) is 1. The Bertz CT molecular complexity index is 696. The van der Waals surface area contributed by atoms with Crippen LogP contribution in [0.25, 0.3) is 0 Å². The van der Waals surface area contributed by atoms with Gasteiger partial charge >= 0.3 is 5.97 Å². The van der Waals surface area contributed by atoms with Crippen molar-refractivity contribution in [1.82, 2.24) is 0 Å². The molecule has 112 valence electrons. The van der Waals surface area contributed by atoms with Gasteiger partial charge < -0.3 is 10.1 Å². The molecule has 0 aromatic heterocycles. The summed E-state index contributed by atoms with van der Waals surface area (Å²) in [6, 6.07) is 17.2. The van der Waals surface area contributed by atoms with E-state index in [1.165, 1.54) is 7.11 Å². The van der Waals surface area contributed by atoms with Crippen molar-refractivity contribution in [1.29, 1.82) is 0 Å². The summed E-state index contributed by atoms with van der Waals surface area (Å²) in [6.07, 6.45) is 0.181. The summed E-state index contributed by atoms with van der Waals surface area (Å²) in [5, 5.41) is 2.94. The van der Waals surface area contributed by atoms with E-state index in [-0.39, 0.29) is 24.2 Å². The Morgan fingerprint density at radius 1 is 1.09 bits per heavy atom. The van der Waals surface area contributed by atoms with E-state index in [0.717, 1.165) is 16.8 Å². The topological polar surface area (TPSA) is 55.4 Å². The third kappa shape index (κ3) is 2.60. The quantitative estimate of drug-likeness (QED) is 0.885. The van der Waals surface area contributed by atoms with E-state index in [0.29, 0.717) is 0 Å². The van der Waals surface area contributed by atoms with E-state index in [1.807, 2.05) is 54.6 Å². The van der Waals surface area contributed by atoms with Gasteiger partial charge in [-0.25, -0.2) is 0 Å². The molecular formula is C18H17NO3. The molecule has 0 saturated heterocycles. The second-order valence-electron chi connectivity index (χ2n) is 5.35. The molecule has 2 unspecified atom stereocenters. The van der Waals surface area contributed by atoms with Crippen molar-refractivity contribution in [3.63, 3.8) is 0 Å². The number of carbonyl (C=O) groups excluding carboxylic acids is 2. The van der Waals surface area contributed by atoms with Crippen molar-refractivity contribution in [2.75, 3.05) is 12.4 Å². The zero-order valence-electron chi connectivity index (χ0n) is 12.3. The molecule has 1 N–H and O–H groups in total. The summed E-state index contributed by atoms with van der Waals surface area (Å²) in [7, 11) is 1.37. The maximum Gasteiger partial charge on any atom is 0.306 e. The van der Waals surface area contributed by atoms with Crippen LogP contribution in [-0.2, 0) is 14.3 Å². The van der Waals surface area contributed by atoms with E-state index in [9.17, 15) is 9.59 Å². The van der Waals surface area contributed by atoms with Gasteiger partial charge in [0, 0.05) is 11.6 Å². The molecule has 4 nitrogen and oxygen atoms in total. The standard InChI is InChI=1S/C18H17NO3/c1-22-16(20)11-14-13-9-5-6-10-15(13)19-18(21)17(14)12-7-3-2-4-8-12/h2-10,14,17H,11H2,1H3,(H,19,21). The summed E-state index contributed by atoms with van der Waals surface area (Å²) >= 11 is 0. The smallest absolute Gasteiger partial charge is 0.306 e. The molecule has 0 aliphatic carbocycles. The maximum absolute atomic E-state index is 12.6. The third-order valence-corrected chi connectivity index (χ3v) is 4.08. The molecule has 1 aliphatic heterocycles. The molecule has 0 bridgehead atoms. The number of esters is 1. The SMILES string of the molecule is COC(=O)CC1c2ccccc2NC(=O)C1c1ccccc1. The Hall–Kier alpha value is -2.62. The Morgan fingerprint density at radius 2 is 1.77 bits per heavy atom. The minimum atomic E-state index is -0.393. The fourth-order valence-electron chi connectivity index (χ4n) is 3.04. The Kier molecular flexibility index (Phi) is 3.92. The van der Waals surface area contributed by atoms with Gasteiger partial charge in [-0.2, -0.15) is 0 Å². The molecule has 1 amide bonds. The molecule has 3 rings (SSSR count). The highest BCUT2D eigenvalue weighted by molar-refractivity contribution is 6.00. The van der Waals surface area contributed by atoms with Crippen LogP contribution in [0.1, 0.15) is 29.4 Å². The molecule has 0 saturated carbocycles. The Labute approximate surface area is 129 Å². The zero-order valence-corrected chi connectivity index (χ0v) is 12.3. The van der Waals surface area contributed by atoms with Gasteiger partial charge in [-0.05, 0) is 17.2 Å². The summed E-state index contributed by atoms with van der Waals surface area (Å²) in [5.41, 5.74) is 2.65. The number of hydrogen-bond acceptors (Lipinski definition) is 3. The predicted molar refractivity (Wildman–Crippen MR) is 83.6 cm³/mol. The molecule has 0 fully saturated rings. The average Bonchev–Trinajstić information content (AvgIpc) is 2.55. The molecular weight excluding hydrogens is 278 g/mol. The number of rotatable bonds is 3. The van der Waals surface area contributed by atoms with E-state index >= 15 is 0 Å². The van der Waals surface area contributed by atoms with Gasteiger partial charge in [0.2, 0.25) is 5.91 Å². The first-order valence-electron chi connectivity index (χ1n) is 7.22. The lowest BCUT2D eigenvalue weighted by Crippen LogP contribution is -2.33. The molecule has 0 radical (unpaired) electrons. The molecule has 2 aromatic carbocycles. The maximum atomic E-state index is 12.6. The molecule has 1 aliphatic rings. The van der Waals surface area contributed by atoms with Crippen LogP contribution in [-0.4, -0.2) is 19.0 Å². The van der Waals surface area contributed by atoms with Crippen LogP contribution in [0.15, 0.2) is 54.6 Å². The largest absolute Gasteiger partial charge is 0.469 e. The van der Waals surface area contributed by atoms with Crippen molar-refractivity contribution in [3.05, 3.63) is 65.7 Å². The summed E-state index contributed by atoms with van der Waals surface area (Å²) in [5.74, 6) is -1.01. The number of nitrogens with one attached hydrogen (secondary N) is 1. The van der Waals surface area contributed by atoms with Gasteiger partial charge in [0.15, 0.2) is 0 Å². The van der Waals surface area contributed by atoms with Gasteiger partial charge in [0.25, 0.3) is 0 Å². The number of benzene rings is 2. The van der Waals surface area contributed by atoms with E-state index in [4.69, 9.17) is 4.74 Å². The second-order valence-corrected chi connectivity index (χ2v) is 5.35. The minimum absolute atomic E-state index is 0.0844. The zero-order chi connectivity index (χ0) is 15.5. The summed E-state index contributed by atoms with van der Waals surface area (Å²) in [4.78, 5) is 24.4. The number of anilines is 1. The van der Waals surface area contributed by atoms with Crippen molar-refractivity contribution >= 4 is 17.6 Å².